The third-order valence-electron chi connectivity index (χ3n) is 8.41. The fourth-order valence-corrected chi connectivity index (χ4v) is 7.31. The molecular formula is C29H35IN2O5. The van der Waals surface area contributed by atoms with E-state index in [2.05, 4.69) is 22.6 Å². The van der Waals surface area contributed by atoms with Crippen LogP contribution in [0.15, 0.2) is 48.5 Å². The van der Waals surface area contributed by atoms with Crippen molar-refractivity contribution < 1.29 is 24.5 Å². The van der Waals surface area contributed by atoms with Crippen molar-refractivity contribution in [3.05, 3.63) is 63.2 Å². The highest BCUT2D eigenvalue weighted by molar-refractivity contribution is 14.1. The van der Waals surface area contributed by atoms with E-state index in [4.69, 9.17) is 4.74 Å². The number of aliphatic hydroxyl groups is 2. The van der Waals surface area contributed by atoms with Gasteiger partial charge in [0.15, 0.2) is 5.60 Å². The van der Waals surface area contributed by atoms with E-state index in [9.17, 15) is 19.8 Å². The van der Waals surface area contributed by atoms with Crippen molar-refractivity contribution in [3.63, 3.8) is 0 Å². The Bertz CT molecular complexity index is 1180. The highest BCUT2D eigenvalue weighted by atomic mass is 127. The Hall–Kier alpha value is -2.01. The van der Waals surface area contributed by atoms with Crippen molar-refractivity contribution in [1.29, 1.82) is 0 Å². The van der Waals surface area contributed by atoms with Crippen LogP contribution in [0.2, 0.25) is 0 Å². The summed E-state index contributed by atoms with van der Waals surface area (Å²) < 4.78 is 7.75. The molecule has 0 unspecified atom stereocenters. The van der Waals surface area contributed by atoms with Crippen molar-refractivity contribution in [3.8, 4) is 0 Å². The highest BCUT2D eigenvalue weighted by Crippen LogP contribution is 2.58. The molecule has 37 heavy (non-hydrogen) atoms. The second kappa shape index (κ2) is 9.94. The molecule has 0 bridgehead atoms. The lowest BCUT2D eigenvalue weighted by molar-refractivity contribution is -0.150. The fourth-order valence-electron chi connectivity index (χ4n) is 6.82. The summed E-state index contributed by atoms with van der Waals surface area (Å²) in [7, 11) is 0. The molecule has 2 N–H and O–H groups in total. The SMILES string of the molecule is C[C@H]1[C@H](C(C)(C)O)[C@@H](CC(=O)N2CCC[C@H]2CO)O[C@]12C(=O)N(Cc1ccccc1)c1ccc(I)cc12. The summed E-state index contributed by atoms with van der Waals surface area (Å²) in [5.41, 5.74) is 0.152. The van der Waals surface area contributed by atoms with Crippen LogP contribution in [0.1, 0.15) is 51.2 Å². The van der Waals surface area contributed by atoms with Crippen LogP contribution in [-0.2, 0) is 26.5 Å². The average Bonchev–Trinajstić information content (AvgIpc) is 3.50. The maximum atomic E-state index is 14.4. The molecular weight excluding hydrogens is 583 g/mol. The smallest absolute Gasteiger partial charge is 0.264 e. The highest BCUT2D eigenvalue weighted by Gasteiger charge is 2.66. The van der Waals surface area contributed by atoms with Gasteiger partial charge in [-0.1, -0.05) is 37.3 Å². The number of ether oxygens (including phenoxy) is 1. The van der Waals surface area contributed by atoms with Gasteiger partial charge in [-0.25, -0.2) is 0 Å². The Balaban J connectivity index is 1.54. The van der Waals surface area contributed by atoms with Gasteiger partial charge < -0.3 is 24.7 Å². The minimum atomic E-state index is -1.29. The lowest BCUT2D eigenvalue weighted by Crippen LogP contribution is -2.46. The van der Waals surface area contributed by atoms with Crippen molar-refractivity contribution in [2.24, 2.45) is 11.8 Å². The minimum Gasteiger partial charge on any atom is -0.394 e. The van der Waals surface area contributed by atoms with E-state index >= 15 is 0 Å². The number of anilines is 1. The third-order valence-corrected chi connectivity index (χ3v) is 9.08. The van der Waals surface area contributed by atoms with Gasteiger partial charge in [0.1, 0.15) is 0 Å². The van der Waals surface area contributed by atoms with E-state index in [-0.39, 0.29) is 36.8 Å². The summed E-state index contributed by atoms with van der Waals surface area (Å²) in [6, 6.07) is 15.6. The molecule has 7 nitrogen and oxygen atoms in total. The van der Waals surface area contributed by atoms with Crippen LogP contribution in [0.5, 0.6) is 0 Å². The monoisotopic (exact) mass is 618 g/mol. The summed E-state index contributed by atoms with van der Waals surface area (Å²) in [5.74, 6) is -1.07. The van der Waals surface area contributed by atoms with Gasteiger partial charge >= 0.3 is 0 Å². The second-order valence-corrected chi connectivity index (χ2v) is 12.4. The number of nitrogens with zero attached hydrogens (tertiary/aromatic N) is 2. The first-order valence-corrected chi connectivity index (χ1v) is 14.1. The third kappa shape index (κ3) is 4.49. The molecule has 3 aliphatic heterocycles. The summed E-state index contributed by atoms with van der Waals surface area (Å²) in [4.78, 5) is 31.3. The Morgan fingerprint density at radius 2 is 1.95 bits per heavy atom. The van der Waals surface area contributed by atoms with Crippen molar-refractivity contribution >= 4 is 40.1 Å². The summed E-state index contributed by atoms with van der Waals surface area (Å²) >= 11 is 2.25. The second-order valence-electron chi connectivity index (χ2n) is 11.2. The Labute approximate surface area is 231 Å². The molecule has 8 heteroatoms. The van der Waals surface area contributed by atoms with Gasteiger partial charge in [-0.15, -0.1) is 0 Å². The maximum absolute atomic E-state index is 14.4. The molecule has 2 aromatic carbocycles. The first kappa shape index (κ1) is 26.6. The maximum Gasteiger partial charge on any atom is 0.264 e. The van der Waals surface area contributed by atoms with Gasteiger partial charge in [0.25, 0.3) is 5.91 Å². The van der Waals surface area contributed by atoms with Gasteiger partial charge in [-0.3, -0.25) is 9.59 Å². The number of likely N-dealkylation sites (tertiary alicyclic amines) is 1. The molecule has 5 rings (SSSR count). The molecule has 3 heterocycles. The molecule has 2 saturated heterocycles. The van der Waals surface area contributed by atoms with Gasteiger partial charge in [0.2, 0.25) is 5.91 Å². The zero-order chi connectivity index (χ0) is 26.5. The minimum absolute atomic E-state index is 0.0580. The number of hydrogen-bond acceptors (Lipinski definition) is 5. The molecule has 198 valence electrons. The first-order valence-electron chi connectivity index (χ1n) is 13.0. The normalized spacial score (nSPS) is 29.4. The van der Waals surface area contributed by atoms with Gasteiger partial charge in [-0.2, -0.15) is 0 Å². The number of halogens is 1. The number of rotatable bonds is 6. The van der Waals surface area contributed by atoms with Gasteiger partial charge in [0, 0.05) is 27.5 Å². The average molecular weight is 619 g/mol. The molecule has 1 spiro atoms. The molecule has 2 aromatic rings. The number of hydrogen-bond donors (Lipinski definition) is 2. The van der Waals surface area contributed by atoms with Crippen LogP contribution in [-0.4, -0.2) is 57.8 Å². The number of carbonyl (C=O) groups excluding carboxylic acids is 2. The van der Waals surface area contributed by atoms with Gasteiger partial charge in [-0.05, 0) is 73.0 Å². The molecule has 0 aromatic heterocycles. The first-order chi connectivity index (χ1) is 17.6. The molecule has 0 aliphatic carbocycles. The number of amides is 2. The zero-order valence-electron chi connectivity index (χ0n) is 21.6. The predicted molar refractivity (Wildman–Crippen MR) is 149 cm³/mol. The standard InChI is InChI=1S/C29H35IN2O5/c1-18-26(28(2,3)36)24(15-25(34)31-13-7-10-21(31)17-33)37-29(18)22-14-20(30)11-12-23(22)32(27(29)35)16-19-8-5-4-6-9-19/h4-6,8-9,11-12,14,18,21,24,26,33,36H,7,10,13,15-17H2,1-3H3/t18-,21-,24+,26-,29+/m0/s1. The fraction of sp³-hybridized carbons (Fsp3) is 0.517. The summed E-state index contributed by atoms with van der Waals surface area (Å²) in [6.07, 6.45) is 1.05. The molecule has 0 radical (unpaired) electrons. The van der Waals surface area contributed by atoms with Crippen LogP contribution >= 0.6 is 22.6 Å². The van der Waals surface area contributed by atoms with E-state index in [1.54, 1.807) is 23.6 Å². The molecule has 5 atom stereocenters. The van der Waals surface area contributed by atoms with Crippen molar-refractivity contribution in [1.82, 2.24) is 4.90 Å². The Morgan fingerprint density at radius 1 is 1.22 bits per heavy atom. The number of aliphatic hydroxyl groups excluding tert-OH is 1. The zero-order valence-corrected chi connectivity index (χ0v) is 23.7. The Morgan fingerprint density at radius 3 is 2.62 bits per heavy atom. The quantitative estimate of drug-likeness (QED) is 0.481. The van der Waals surface area contributed by atoms with Crippen LogP contribution in [0.25, 0.3) is 0 Å². The van der Waals surface area contributed by atoms with Crippen LogP contribution in [0, 0.1) is 15.4 Å². The predicted octanol–water partition coefficient (Wildman–Crippen LogP) is 3.83. The van der Waals surface area contributed by atoms with Crippen LogP contribution in [0.4, 0.5) is 5.69 Å². The van der Waals surface area contributed by atoms with E-state index in [1.807, 2.05) is 55.5 Å². The summed E-state index contributed by atoms with van der Waals surface area (Å²) in [6.45, 7) is 6.39. The van der Waals surface area contributed by atoms with Crippen LogP contribution < -0.4 is 4.90 Å². The number of fused-ring (bicyclic) bond motifs is 2. The molecule has 0 saturated carbocycles. The molecule has 2 fully saturated rings. The topological polar surface area (TPSA) is 90.3 Å². The largest absolute Gasteiger partial charge is 0.394 e. The van der Waals surface area contributed by atoms with Crippen molar-refractivity contribution in [2.45, 2.75) is 69.9 Å². The van der Waals surface area contributed by atoms with Gasteiger partial charge in [0.05, 0.1) is 43.0 Å². The van der Waals surface area contributed by atoms with E-state index < -0.39 is 23.2 Å². The van der Waals surface area contributed by atoms with E-state index in [1.165, 1.54) is 0 Å². The molecule has 2 amide bonds. The number of carbonyl (C=O) groups is 2. The van der Waals surface area contributed by atoms with E-state index in [0.29, 0.717) is 13.1 Å². The number of benzene rings is 2. The van der Waals surface area contributed by atoms with Crippen molar-refractivity contribution in [2.75, 3.05) is 18.1 Å². The summed E-state index contributed by atoms with van der Waals surface area (Å²) in [5, 5.41) is 21.0. The van der Waals surface area contributed by atoms with Crippen LogP contribution in [0.3, 0.4) is 0 Å². The van der Waals surface area contributed by atoms with E-state index in [0.717, 1.165) is 33.2 Å². The Kier molecular flexibility index (Phi) is 7.15. The lowest BCUT2D eigenvalue weighted by Gasteiger charge is -2.34. The lowest BCUT2D eigenvalue weighted by atomic mass is 9.71. The molecule has 3 aliphatic rings.